The lowest BCUT2D eigenvalue weighted by atomic mass is 9.93. The average Bonchev–Trinajstić information content (AvgIpc) is 2.79. The fraction of sp³-hybridized carbons (Fsp3) is 0.800. The first-order chi connectivity index (χ1) is 19.5. The maximum absolute atomic E-state index is 9.76. The predicted molar refractivity (Wildman–Crippen MR) is 176 cm³/mol. The van der Waals surface area contributed by atoms with Crippen molar-refractivity contribution >= 4 is 80.4 Å². The summed E-state index contributed by atoms with van der Waals surface area (Å²) in [6, 6.07) is 0. The Balaban J connectivity index is -0.0000000959. The molecule has 0 amide bonds. The molecule has 14 nitrogen and oxygen atoms in total. The molecule has 4 unspecified atom stereocenters. The van der Waals surface area contributed by atoms with Crippen LogP contribution in [-0.2, 0) is 24.0 Å². The van der Waals surface area contributed by atoms with Crippen molar-refractivity contribution in [3.63, 3.8) is 0 Å². The minimum Gasteiger partial charge on any atom is -0.481 e. The minimum atomic E-state index is -1.11. The van der Waals surface area contributed by atoms with Gasteiger partial charge >= 0.3 is 29.8 Å². The van der Waals surface area contributed by atoms with Crippen LogP contribution in [-0.4, -0.2) is 123 Å². The van der Waals surface area contributed by atoms with E-state index >= 15 is 0 Å². The SMILES string of the molecule is CC(S)CC(=O)O.CC(S)CC(=O)O.CC(S)CC(=O)O.CC(S)CC(=O)O.CCCC(=O)O.OCC(CO)(CO)CO. The number of hydrogen-bond acceptors (Lipinski definition) is 13. The number of rotatable bonds is 14. The highest BCUT2D eigenvalue weighted by Gasteiger charge is 2.26. The van der Waals surface area contributed by atoms with Crippen molar-refractivity contribution in [3.8, 4) is 0 Å². The highest BCUT2D eigenvalue weighted by molar-refractivity contribution is 7.81. The standard InChI is InChI=1S/C5H12O4.4C4H8O2S.C4H8O2/c6-1-5(2-7,3-8)4-9;4*1-3(7)2-4(5)6;1-2-3-4(5)6/h6-9H,1-4H2;4*3,7H,2H2,1H3,(H,5,6);2-3H2,1H3,(H,5,6). The van der Waals surface area contributed by atoms with Gasteiger partial charge in [-0.2, -0.15) is 50.5 Å². The van der Waals surface area contributed by atoms with Crippen LogP contribution in [0.3, 0.4) is 0 Å². The maximum Gasteiger partial charge on any atom is 0.304 e. The Labute approximate surface area is 275 Å². The largest absolute Gasteiger partial charge is 0.481 e. The molecule has 0 aliphatic rings. The fourth-order valence-electron chi connectivity index (χ4n) is 1.52. The summed E-state index contributed by atoms with van der Waals surface area (Å²) in [6.07, 6.45) is 1.59. The third kappa shape index (κ3) is 69.0. The second-order valence-electron chi connectivity index (χ2n) is 9.06. The smallest absolute Gasteiger partial charge is 0.304 e. The molecule has 43 heavy (non-hydrogen) atoms. The van der Waals surface area contributed by atoms with E-state index in [1.165, 1.54) is 0 Å². The lowest BCUT2D eigenvalue weighted by Crippen LogP contribution is -2.37. The molecular formula is C25H52O14S4. The van der Waals surface area contributed by atoms with Gasteiger partial charge in [0.15, 0.2) is 0 Å². The quantitative estimate of drug-likeness (QED) is 0.115. The number of thiol groups is 4. The second kappa shape index (κ2) is 36.8. The van der Waals surface area contributed by atoms with Crippen LogP contribution < -0.4 is 0 Å². The molecule has 0 saturated heterocycles. The van der Waals surface area contributed by atoms with Gasteiger partial charge < -0.3 is 46.0 Å². The summed E-state index contributed by atoms with van der Waals surface area (Å²) >= 11 is 15.4. The van der Waals surface area contributed by atoms with Crippen LogP contribution in [0.2, 0.25) is 0 Å². The number of aliphatic carboxylic acids is 5. The second-order valence-corrected chi connectivity index (χ2v) is 12.6. The first-order valence-electron chi connectivity index (χ1n) is 12.8. The predicted octanol–water partition coefficient (Wildman–Crippen LogP) is 1.93. The van der Waals surface area contributed by atoms with Gasteiger partial charge in [0.25, 0.3) is 0 Å². The molecule has 0 bridgehead atoms. The van der Waals surface area contributed by atoms with E-state index in [2.05, 4.69) is 50.5 Å². The normalized spacial score (nSPS) is 12.4. The topological polar surface area (TPSA) is 267 Å². The van der Waals surface area contributed by atoms with Crippen molar-refractivity contribution in [1.82, 2.24) is 0 Å². The van der Waals surface area contributed by atoms with E-state index in [1.807, 2.05) is 6.92 Å². The maximum atomic E-state index is 9.76. The Bertz CT molecular complexity index is 604. The van der Waals surface area contributed by atoms with E-state index in [9.17, 15) is 24.0 Å². The Morgan fingerprint density at radius 2 is 0.674 bits per heavy atom. The summed E-state index contributed by atoms with van der Waals surface area (Å²) in [7, 11) is 0. The summed E-state index contributed by atoms with van der Waals surface area (Å²) in [5.74, 6) is -3.87. The molecule has 260 valence electrons. The summed E-state index contributed by atoms with van der Waals surface area (Å²) in [6.45, 7) is 7.21. The molecule has 0 saturated carbocycles. The lowest BCUT2D eigenvalue weighted by Gasteiger charge is -2.23. The molecule has 9 N–H and O–H groups in total. The van der Waals surface area contributed by atoms with E-state index in [1.54, 1.807) is 27.7 Å². The molecule has 0 aromatic heterocycles. The van der Waals surface area contributed by atoms with Crippen LogP contribution in [0.25, 0.3) is 0 Å². The zero-order chi connectivity index (χ0) is 35.8. The van der Waals surface area contributed by atoms with Crippen molar-refractivity contribution in [2.45, 2.75) is 94.1 Å². The Morgan fingerprint density at radius 1 is 0.488 bits per heavy atom. The Morgan fingerprint density at radius 3 is 0.674 bits per heavy atom. The van der Waals surface area contributed by atoms with Crippen molar-refractivity contribution < 1.29 is 69.9 Å². The monoisotopic (exact) mass is 704 g/mol. The molecular weight excluding hydrogens is 653 g/mol. The number of carbonyl (C=O) groups is 5. The minimum absolute atomic E-state index is 0.0301. The van der Waals surface area contributed by atoms with Gasteiger partial charge in [0.05, 0.1) is 57.5 Å². The zero-order valence-electron chi connectivity index (χ0n) is 25.2. The molecule has 18 heteroatoms. The van der Waals surface area contributed by atoms with Crippen LogP contribution in [0.15, 0.2) is 0 Å². The van der Waals surface area contributed by atoms with Gasteiger partial charge in [0, 0.05) is 27.4 Å². The molecule has 0 aromatic rings. The number of aliphatic hydroxyl groups is 4. The lowest BCUT2D eigenvalue weighted by molar-refractivity contribution is -0.138. The van der Waals surface area contributed by atoms with Gasteiger partial charge in [-0.25, -0.2) is 0 Å². The van der Waals surface area contributed by atoms with E-state index in [0.29, 0.717) is 6.42 Å². The van der Waals surface area contributed by atoms with Crippen LogP contribution in [0.4, 0.5) is 0 Å². The molecule has 0 aliphatic carbocycles. The first kappa shape index (κ1) is 54.1. The summed E-state index contributed by atoms with van der Waals surface area (Å²) in [4.78, 5) is 48.6. The third-order valence-corrected chi connectivity index (χ3v) is 4.42. The highest BCUT2D eigenvalue weighted by Crippen LogP contribution is 2.11. The highest BCUT2D eigenvalue weighted by atomic mass is 32.1. The molecule has 0 radical (unpaired) electrons. The van der Waals surface area contributed by atoms with Crippen LogP contribution in [0.1, 0.15) is 73.1 Å². The third-order valence-electron chi connectivity index (χ3n) is 3.69. The molecule has 0 spiro atoms. The van der Waals surface area contributed by atoms with E-state index in [-0.39, 0.29) is 46.7 Å². The number of carboxylic acid groups (broad SMARTS) is 5. The molecule has 0 rings (SSSR count). The number of aliphatic hydroxyl groups excluding tert-OH is 4. The average molecular weight is 705 g/mol. The van der Waals surface area contributed by atoms with E-state index in [4.69, 9.17) is 46.0 Å². The fourth-order valence-corrected chi connectivity index (χ4v) is 2.15. The molecule has 0 fully saturated rings. The van der Waals surface area contributed by atoms with Crippen LogP contribution in [0.5, 0.6) is 0 Å². The van der Waals surface area contributed by atoms with Crippen LogP contribution in [0, 0.1) is 5.41 Å². The van der Waals surface area contributed by atoms with Gasteiger partial charge in [-0.05, 0) is 6.42 Å². The summed E-state index contributed by atoms with van der Waals surface area (Å²) in [5.41, 5.74) is -1.11. The Kier molecular flexibility index (Phi) is 46.3. The van der Waals surface area contributed by atoms with Crippen molar-refractivity contribution in [2.75, 3.05) is 26.4 Å². The van der Waals surface area contributed by atoms with E-state index in [0.717, 1.165) is 6.42 Å². The number of hydrogen-bond donors (Lipinski definition) is 13. The molecule has 0 aliphatic heterocycles. The Hall–Kier alpha value is -1.41. The molecule has 0 heterocycles. The van der Waals surface area contributed by atoms with Gasteiger partial charge in [-0.15, -0.1) is 0 Å². The van der Waals surface area contributed by atoms with E-state index < -0.39 is 61.7 Å². The zero-order valence-corrected chi connectivity index (χ0v) is 28.8. The van der Waals surface area contributed by atoms with Gasteiger partial charge in [0.1, 0.15) is 0 Å². The van der Waals surface area contributed by atoms with Gasteiger partial charge in [-0.3, -0.25) is 24.0 Å². The van der Waals surface area contributed by atoms with Gasteiger partial charge in [-0.1, -0.05) is 34.6 Å². The van der Waals surface area contributed by atoms with Crippen molar-refractivity contribution in [3.05, 3.63) is 0 Å². The number of carboxylic acids is 5. The van der Waals surface area contributed by atoms with Crippen LogP contribution >= 0.6 is 50.5 Å². The molecule has 4 atom stereocenters. The first-order valence-corrected chi connectivity index (χ1v) is 14.8. The van der Waals surface area contributed by atoms with Gasteiger partial charge in [0.2, 0.25) is 0 Å². The summed E-state index contributed by atoms with van der Waals surface area (Å²) in [5, 5.41) is 73.9. The summed E-state index contributed by atoms with van der Waals surface area (Å²) < 4.78 is 0. The molecule has 0 aromatic carbocycles. The van der Waals surface area contributed by atoms with Crippen molar-refractivity contribution in [2.24, 2.45) is 5.41 Å². The van der Waals surface area contributed by atoms with Crippen molar-refractivity contribution in [1.29, 1.82) is 0 Å².